The Bertz CT molecular complexity index is 458. The number of nitrogens with zero attached hydrogens (tertiary/aromatic N) is 2. The van der Waals surface area contributed by atoms with Gasteiger partial charge in [-0.25, -0.2) is 4.99 Å². The molecule has 2 N–H and O–H groups in total. The van der Waals surface area contributed by atoms with Crippen molar-refractivity contribution in [2.75, 3.05) is 33.8 Å². The molecule has 2 aliphatic carbocycles. The number of hydrogen-bond acceptors (Lipinski definition) is 3. The average Bonchev–Trinajstić information content (AvgIpc) is 3.10. The summed E-state index contributed by atoms with van der Waals surface area (Å²) in [5.74, 6) is 0.794. The highest BCUT2D eigenvalue weighted by Crippen LogP contribution is 2.54. The van der Waals surface area contributed by atoms with Gasteiger partial charge in [-0.2, -0.15) is 0 Å². The lowest BCUT2D eigenvalue weighted by Gasteiger charge is -2.54. The van der Waals surface area contributed by atoms with Gasteiger partial charge in [-0.1, -0.05) is 26.2 Å². The second kappa shape index (κ2) is 9.41. The van der Waals surface area contributed by atoms with E-state index in [0.29, 0.717) is 12.1 Å². The van der Waals surface area contributed by atoms with Crippen LogP contribution < -0.4 is 10.6 Å². The summed E-state index contributed by atoms with van der Waals surface area (Å²) in [6.45, 7) is 6.10. The molecule has 6 nitrogen and oxygen atoms in total. The van der Waals surface area contributed by atoms with Gasteiger partial charge in [0.2, 0.25) is 5.91 Å². The van der Waals surface area contributed by atoms with E-state index in [-0.39, 0.29) is 17.9 Å². The van der Waals surface area contributed by atoms with Crippen LogP contribution in [0.4, 0.5) is 0 Å². The van der Waals surface area contributed by atoms with Crippen LogP contribution in [0.25, 0.3) is 0 Å². The molecule has 25 heavy (non-hydrogen) atoms. The molecule has 2 atom stereocenters. The summed E-state index contributed by atoms with van der Waals surface area (Å²) in [5, 5.41) is 7.01. The van der Waals surface area contributed by atoms with Crippen molar-refractivity contribution in [1.29, 1.82) is 0 Å². The van der Waals surface area contributed by atoms with E-state index >= 15 is 0 Å². The van der Waals surface area contributed by atoms with Gasteiger partial charge in [0.05, 0.1) is 6.10 Å². The van der Waals surface area contributed by atoms with Crippen molar-refractivity contribution in [2.24, 2.45) is 10.4 Å². The van der Waals surface area contributed by atoms with E-state index < -0.39 is 0 Å². The first kappa shape index (κ1) is 20.0. The molecule has 0 heterocycles. The van der Waals surface area contributed by atoms with Crippen molar-refractivity contribution in [2.45, 2.75) is 70.9 Å². The van der Waals surface area contributed by atoms with Gasteiger partial charge >= 0.3 is 0 Å². The lowest BCUT2D eigenvalue weighted by atomic mass is 9.60. The van der Waals surface area contributed by atoms with Crippen LogP contribution in [-0.2, 0) is 9.53 Å². The number of rotatable bonds is 8. The molecule has 2 unspecified atom stereocenters. The number of guanidine groups is 1. The van der Waals surface area contributed by atoms with Gasteiger partial charge in [-0.15, -0.1) is 0 Å². The summed E-state index contributed by atoms with van der Waals surface area (Å²) in [7, 11) is 3.53. The number of hydrogen-bond donors (Lipinski definition) is 2. The van der Waals surface area contributed by atoms with Crippen molar-refractivity contribution >= 4 is 11.9 Å². The highest BCUT2D eigenvalue weighted by molar-refractivity contribution is 5.85. The zero-order valence-electron chi connectivity index (χ0n) is 16.4. The van der Waals surface area contributed by atoms with E-state index in [4.69, 9.17) is 4.74 Å². The van der Waals surface area contributed by atoms with Crippen LogP contribution in [0.5, 0.6) is 0 Å². The Balaban J connectivity index is 2.00. The number of amides is 1. The van der Waals surface area contributed by atoms with E-state index in [1.165, 1.54) is 25.7 Å². The molecule has 0 radical (unpaired) electrons. The lowest BCUT2D eigenvalue weighted by Crippen LogP contribution is -2.65. The first-order valence-corrected chi connectivity index (χ1v) is 9.90. The van der Waals surface area contributed by atoms with Gasteiger partial charge in [0.1, 0.15) is 6.54 Å². The van der Waals surface area contributed by atoms with E-state index in [1.807, 2.05) is 0 Å². The van der Waals surface area contributed by atoms with Gasteiger partial charge in [0, 0.05) is 38.7 Å². The number of carbonyl (C=O) groups is 1. The molecule has 0 saturated heterocycles. The van der Waals surface area contributed by atoms with Crippen molar-refractivity contribution in [1.82, 2.24) is 15.5 Å². The molecule has 2 rings (SSSR count). The molecule has 1 spiro atoms. The summed E-state index contributed by atoms with van der Waals surface area (Å²) < 4.78 is 5.99. The second-order valence-electron chi connectivity index (χ2n) is 7.55. The molecule has 0 aliphatic heterocycles. The lowest BCUT2D eigenvalue weighted by molar-refractivity contribution is -0.127. The van der Waals surface area contributed by atoms with E-state index in [1.54, 1.807) is 19.0 Å². The molecule has 0 aromatic carbocycles. The zero-order chi connectivity index (χ0) is 18.3. The molecule has 6 heteroatoms. The number of unbranched alkanes of at least 4 members (excludes halogenated alkanes) is 1. The SMILES string of the molecule is CCCCNC(=NCC(=O)N(C)C)NC1CC(OCC)C12CCCC2. The third-order valence-corrected chi connectivity index (χ3v) is 5.69. The van der Waals surface area contributed by atoms with Crippen LogP contribution in [0.3, 0.4) is 0 Å². The fraction of sp³-hybridized carbons (Fsp3) is 0.895. The number of likely N-dealkylation sites (N-methyl/N-ethyl adjacent to an activating group) is 1. The molecule has 0 aromatic rings. The van der Waals surface area contributed by atoms with Crippen LogP contribution in [0, 0.1) is 5.41 Å². The fourth-order valence-electron chi connectivity index (χ4n) is 4.08. The van der Waals surface area contributed by atoms with E-state index in [0.717, 1.165) is 38.4 Å². The van der Waals surface area contributed by atoms with Crippen LogP contribution in [0.2, 0.25) is 0 Å². The fourth-order valence-corrected chi connectivity index (χ4v) is 4.08. The zero-order valence-corrected chi connectivity index (χ0v) is 16.4. The largest absolute Gasteiger partial charge is 0.378 e. The third kappa shape index (κ3) is 4.87. The average molecular weight is 353 g/mol. The van der Waals surface area contributed by atoms with Crippen LogP contribution in [0.15, 0.2) is 4.99 Å². The Hall–Kier alpha value is -1.30. The number of ether oxygens (including phenoxy) is 1. The Morgan fingerprint density at radius 2 is 2.00 bits per heavy atom. The smallest absolute Gasteiger partial charge is 0.243 e. The second-order valence-corrected chi connectivity index (χ2v) is 7.55. The van der Waals surface area contributed by atoms with Crippen molar-refractivity contribution in [3.63, 3.8) is 0 Å². The summed E-state index contributed by atoms with van der Waals surface area (Å²) in [6.07, 6.45) is 8.67. The molecule has 1 amide bonds. The van der Waals surface area contributed by atoms with Gasteiger partial charge in [-0.3, -0.25) is 4.79 Å². The topological polar surface area (TPSA) is 66.0 Å². The monoisotopic (exact) mass is 352 g/mol. The quantitative estimate of drug-likeness (QED) is 0.399. The maximum atomic E-state index is 11.9. The van der Waals surface area contributed by atoms with Gasteiger partial charge in [-0.05, 0) is 32.6 Å². The van der Waals surface area contributed by atoms with Crippen LogP contribution >= 0.6 is 0 Å². The Labute approximate surface area is 152 Å². The number of carbonyl (C=O) groups excluding carboxylic acids is 1. The Morgan fingerprint density at radius 3 is 2.60 bits per heavy atom. The summed E-state index contributed by atoms with van der Waals surface area (Å²) in [6, 6.07) is 0.397. The summed E-state index contributed by atoms with van der Waals surface area (Å²) >= 11 is 0. The predicted octanol–water partition coefficient (Wildman–Crippen LogP) is 2.15. The molecular weight excluding hydrogens is 316 g/mol. The van der Waals surface area contributed by atoms with Crippen LogP contribution in [-0.4, -0.2) is 62.7 Å². The van der Waals surface area contributed by atoms with Crippen molar-refractivity contribution < 1.29 is 9.53 Å². The molecule has 0 aromatic heterocycles. The van der Waals surface area contributed by atoms with Crippen molar-refractivity contribution in [3.8, 4) is 0 Å². The normalized spacial score (nSPS) is 24.9. The number of nitrogens with one attached hydrogen (secondary N) is 2. The highest BCUT2D eigenvalue weighted by Gasteiger charge is 2.56. The molecule has 2 fully saturated rings. The summed E-state index contributed by atoms with van der Waals surface area (Å²) in [5.41, 5.74) is 0.259. The molecule has 144 valence electrons. The summed E-state index contributed by atoms with van der Waals surface area (Å²) in [4.78, 5) is 18.0. The molecule has 2 aliphatic rings. The van der Waals surface area contributed by atoms with Crippen molar-refractivity contribution in [3.05, 3.63) is 0 Å². The first-order chi connectivity index (χ1) is 12.0. The molecular formula is C19H36N4O2. The van der Waals surface area contributed by atoms with E-state index in [9.17, 15) is 4.79 Å². The van der Waals surface area contributed by atoms with Gasteiger partial charge in [0.25, 0.3) is 0 Å². The number of aliphatic imine (C=N–C) groups is 1. The standard InChI is InChI=1S/C19H36N4O2/c1-5-7-12-20-18(21-14-17(24)23(3)4)22-15-13-16(25-6-2)19(15)10-8-9-11-19/h15-16H,5-14H2,1-4H3,(H2,20,21,22). The first-order valence-electron chi connectivity index (χ1n) is 9.90. The van der Waals surface area contributed by atoms with Gasteiger partial charge < -0.3 is 20.3 Å². The predicted molar refractivity (Wildman–Crippen MR) is 102 cm³/mol. The molecule has 0 bridgehead atoms. The third-order valence-electron chi connectivity index (χ3n) is 5.69. The van der Waals surface area contributed by atoms with Crippen LogP contribution in [0.1, 0.15) is 58.8 Å². The minimum atomic E-state index is 0.0213. The Kier molecular flexibility index (Phi) is 7.54. The molecule has 2 saturated carbocycles. The Morgan fingerprint density at radius 1 is 1.28 bits per heavy atom. The minimum Gasteiger partial charge on any atom is -0.378 e. The van der Waals surface area contributed by atoms with E-state index in [2.05, 4.69) is 29.5 Å². The maximum absolute atomic E-state index is 11.9. The van der Waals surface area contributed by atoms with Gasteiger partial charge in [0.15, 0.2) is 5.96 Å². The maximum Gasteiger partial charge on any atom is 0.243 e. The highest BCUT2D eigenvalue weighted by atomic mass is 16.5. The minimum absolute atomic E-state index is 0.0213.